The van der Waals surface area contributed by atoms with Gasteiger partial charge in [0.05, 0.1) is 19.7 Å². The van der Waals surface area contributed by atoms with Crippen molar-refractivity contribution in [3.63, 3.8) is 0 Å². The number of carboxylic acids is 1. The third-order valence-corrected chi connectivity index (χ3v) is 2.18. The van der Waals surface area contributed by atoms with Gasteiger partial charge < -0.3 is 10.2 Å². The molecule has 0 heterocycles. The summed E-state index contributed by atoms with van der Waals surface area (Å²) in [5, 5.41) is 18.2. The smallest absolute Gasteiger partial charge is 0.371 e. The minimum atomic E-state index is -1.62. The maximum Gasteiger partial charge on any atom is 0.371 e. The molecule has 0 aliphatic carbocycles. The minimum absolute atomic E-state index is 0.0149. The molecule has 1 aromatic carbocycles. The first-order valence-electron chi connectivity index (χ1n) is 5.18. The van der Waals surface area contributed by atoms with E-state index in [2.05, 4.69) is 0 Å². The Kier molecular flexibility index (Phi) is 5.01. The summed E-state index contributed by atoms with van der Waals surface area (Å²) >= 11 is 0. The van der Waals surface area contributed by atoms with Crippen molar-refractivity contribution in [2.45, 2.75) is 6.54 Å². The Balaban J connectivity index is 2.78. The minimum Gasteiger partial charge on any atom is -0.502 e. The fourth-order valence-electron chi connectivity index (χ4n) is 1.24. The van der Waals surface area contributed by atoms with Gasteiger partial charge in [0.25, 0.3) is 5.91 Å². The van der Waals surface area contributed by atoms with Crippen LogP contribution in [-0.2, 0) is 21.0 Å². The fraction of sp³-hybridized carbons (Fsp3) is 0.167. The van der Waals surface area contributed by atoms with Crippen LogP contribution < -0.4 is 0 Å². The molecule has 0 unspecified atom stereocenters. The Labute approximate surface area is 108 Å². The molecule has 1 amide bonds. The number of hydroxylamine groups is 2. The summed E-state index contributed by atoms with van der Waals surface area (Å²) in [5.74, 6) is -3.97. The van der Waals surface area contributed by atoms with Gasteiger partial charge in [-0.3, -0.25) is 9.63 Å². The van der Waals surface area contributed by atoms with E-state index in [1.54, 1.807) is 0 Å². The highest BCUT2D eigenvalue weighted by Crippen LogP contribution is 2.08. The Morgan fingerprint density at radius 1 is 1.32 bits per heavy atom. The number of carboxylic acid groups (broad SMARTS) is 1. The zero-order valence-corrected chi connectivity index (χ0v) is 10.0. The van der Waals surface area contributed by atoms with Crippen LogP contribution in [-0.4, -0.2) is 34.3 Å². The standard InChI is InChI=1S/C12H12FNO5/c1-19-14(11(16)6-10(15)12(17)18)7-8-2-4-9(13)5-3-8/h2-6,15H,7H2,1H3,(H,17,18)/b10-6-. The van der Waals surface area contributed by atoms with Gasteiger partial charge in [-0.05, 0) is 17.7 Å². The Bertz CT molecular complexity index is 497. The lowest BCUT2D eigenvalue weighted by atomic mass is 10.2. The number of carbonyl (C=O) groups is 2. The highest BCUT2D eigenvalue weighted by molar-refractivity contribution is 5.95. The second-order valence-electron chi connectivity index (χ2n) is 3.52. The average Bonchev–Trinajstić information content (AvgIpc) is 2.37. The molecule has 2 N–H and O–H groups in total. The van der Waals surface area contributed by atoms with Gasteiger partial charge in [-0.25, -0.2) is 14.2 Å². The number of carbonyl (C=O) groups excluding carboxylic acids is 1. The molecule has 0 fully saturated rings. The van der Waals surface area contributed by atoms with Crippen LogP contribution >= 0.6 is 0 Å². The van der Waals surface area contributed by atoms with Crippen LogP contribution in [0.25, 0.3) is 0 Å². The first-order chi connectivity index (χ1) is 8.93. The maximum absolute atomic E-state index is 12.7. The van der Waals surface area contributed by atoms with Gasteiger partial charge in [0.1, 0.15) is 5.82 Å². The lowest BCUT2D eigenvalue weighted by molar-refractivity contribution is -0.173. The van der Waals surface area contributed by atoms with E-state index in [1.165, 1.54) is 31.4 Å². The van der Waals surface area contributed by atoms with Crippen LogP contribution in [0.1, 0.15) is 5.56 Å². The van der Waals surface area contributed by atoms with Crippen molar-refractivity contribution in [2.24, 2.45) is 0 Å². The molecule has 6 nitrogen and oxygen atoms in total. The van der Waals surface area contributed by atoms with Crippen LogP contribution in [0.2, 0.25) is 0 Å². The number of aliphatic carboxylic acids is 1. The Hall–Kier alpha value is -2.41. The van der Waals surface area contributed by atoms with Gasteiger partial charge in [0.2, 0.25) is 5.76 Å². The number of halogens is 1. The number of nitrogens with zero attached hydrogens (tertiary/aromatic N) is 1. The number of hydrogen-bond acceptors (Lipinski definition) is 4. The molecular formula is C12H12FNO5. The van der Waals surface area contributed by atoms with E-state index in [0.29, 0.717) is 11.6 Å². The van der Waals surface area contributed by atoms with E-state index in [-0.39, 0.29) is 6.54 Å². The zero-order chi connectivity index (χ0) is 14.4. The van der Waals surface area contributed by atoms with E-state index in [0.717, 1.165) is 5.06 Å². The van der Waals surface area contributed by atoms with Crippen LogP contribution in [0.3, 0.4) is 0 Å². The molecule has 19 heavy (non-hydrogen) atoms. The first-order valence-corrected chi connectivity index (χ1v) is 5.18. The maximum atomic E-state index is 12.7. The second-order valence-corrected chi connectivity index (χ2v) is 3.52. The summed E-state index contributed by atoms with van der Waals surface area (Å²) in [4.78, 5) is 26.7. The Morgan fingerprint density at radius 2 is 1.89 bits per heavy atom. The fourth-order valence-corrected chi connectivity index (χ4v) is 1.24. The second kappa shape index (κ2) is 6.50. The number of aliphatic hydroxyl groups is 1. The van der Waals surface area contributed by atoms with Gasteiger partial charge in [-0.2, -0.15) is 0 Å². The van der Waals surface area contributed by atoms with Gasteiger partial charge in [0.15, 0.2) is 0 Å². The molecule has 0 saturated heterocycles. The largest absolute Gasteiger partial charge is 0.502 e. The molecule has 0 spiro atoms. The lowest BCUT2D eigenvalue weighted by Gasteiger charge is -2.17. The molecule has 0 radical (unpaired) electrons. The number of amides is 1. The number of benzene rings is 1. The molecule has 102 valence electrons. The first kappa shape index (κ1) is 14.7. The molecule has 0 bridgehead atoms. The number of rotatable bonds is 5. The monoisotopic (exact) mass is 269 g/mol. The Morgan fingerprint density at radius 3 is 2.37 bits per heavy atom. The molecular weight excluding hydrogens is 257 g/mol. The van der Waals surface area contributed by atoms with Crippen molar-refractivity contribution in [1.82, 2.24) is 5.06 Å². The topological polar surface area (TPSA) is 87.1 Å². The van der Waals surface area contributed by atoms with Crippen LogP contribution in [0, 0.1) is 5.82 Å². The summed E-state index contributed by atoms with van der Waals surface area (Å²) in [6, 6.07) is 5.35. The molecule has 0 aliphatic heterocycles. The molecule has 0 saturated carbocycles. The van der Waals surface area contributed by atoms with Gasteiger partial charge in [0, 0.05) is 0 Å². The van der Waals surface area contributed by atoms with Gasteiger partial charge in [-0.1, -0.05) is 12.1 Å². The van der Waals surface area contributed by atoms with Crippen LogP contribution in [0.15, 0.2) is 36.1 Å². The van der Waals surface area contributed by atoms with Crippen LogP contribution in [0.5, 0.6) is 0 Å². The summed E-state index contributed by atoms with van der Waals surface area (Å²) in [6.07, 6.45) is 0.523. The summed E-state index contributed by atoms with van der Waals surface area (Å²) < 4.78 is 12.7. The third-order valence-electron chi connectivity index (χ3n) is 2.18. The van der Waals surface area contributed by atoms with E-state index >= 15 is 0 Å². The molecule has 1 rings (SSSR count). The van der Waals surface area contributed by atoms with Crippen molar-refractivity contribution in [3.05, 3.63) is 47.5 Å². The predicted molar refractivity (Wildman–Crippen MR) is 62.3 cm³/mol. The number of aliphatic hydroxyl groups excluding tert-OH is 1. The van der Waals surface area contributed by atoms with Crippen LogP contribution in [0.4, 0.5) is 4.39 Å². The summed E-state index contributed by atoms with van der Waals surface area (Å²) in [5.41, 5.74) is 0.583. The van der Waals surface area contributed by atoms with Gasteiger partial charge in [-0.15, -0.1) is 0 Å². The predicted octanol–water partition coefficient (Wildman–Crippen LogP) is 1.24. The highest BCUT2D eigenvalue weighted by atomic mass is 19.1. The molecule has 1 aromatic rings. The zero-order valence-electron chi connectivity index (χ0n) is 10.0. The van der Waals surface area contributed by atoms with Crippen molar-refractivity contribution < 1.29 is 29.0 Å². The van der Waals surface area contributed by atoms with E-state index in [9.17, 15) is 14.0 Å². The molecule has 0 atom stereocenters. The molecule has 0 aromatic heterocycles. The van der Waals surface area contributed by atoms with E-state index in [1.807, 2.05) is 0 Å². The van der Waals surface area contributed by atoms with Crippen molar-refractivity contribution >= 4 is 11.9 Å². The summed E-state index contributed by atoms with van der Waals surface area (Å²) in [6.45, 7) is -0.0149. The molecule has 7 heteroatoms. The van der Waals surface area contributed by atoms with Gasteiger partial charge >= 0.3 is 5.97 Å². The lowest BCUT2D eigenvalue weighted by Crippen LogP contribution is -2.28. The van der Waals surface area contributed by atoms with Crippen molar-refractivity contribution in [1.29, 1.82) is 0 Å². The van der Waals surface area contributed by atoms with Crippen molar-refractivity contribution in [3.8, 4) is 0 Å². The average molecular weight is 269 g/mol. The third kappa shape index (κ3) is 4.40. The summed E-state index contributed by atoms with van der Waals surface area (Å²) in [7, 11) is 1.22. The highest BCUT2D eigenvalue weighted by Gasteiger charge is 2.15. The van der Waals surface area contributed by atoms with Crippen molar-refractivity contribution in [2.75, 3.05) is 7.11 Å². The SMILES string of the molecule is CON(Cc1ccc(F)cc1)C(=O)/C=C(\O)C(=O)O. The number of hydrogen-bond donors (Lipinski definition) is 2. The quantitative estimate of drug-likeness (QED) is 0.477. The van der Waals surface area contributed by atoms with E-state index in [4.69, 9.17) is 15.1 Å². The molecule has 0 aliphatic rings. The van der Waals surface area contributed by atoms with E-state index < -0.39 is 23.5 Å². The normalized spacial score (nSPS) is 11.2.